The first-order chi connectivity index (χ1) is 33.3. The van der Waals surface area contributed by atoms with Gasteiger partial charge in [0.05, 0.1) is 17.5 Å². The summed E-state index contributed by atoms with van der Waals surface area (Å²) < 4.78 is 8.14. The molecule has 4 amide bonds. The molecule has 6 aliphatic heterocycles. The zero-order valence-electron chi connectivity index (χ0n) is 39.2. The van der Waals surface area contributed by atoms with Crippen LogP contribution >= 0.6 is 0 Å². The Morgan fingerprint density at radius 1 is 0.706 bits per heavy atom. The van der Waals surface area contributed by atoms with Crippen LogP contribution in [0, 0.1) is 11.8 Å². The maximum Gasteiger partial charge on any atom is 0.319 e. The molecular weight excluding hydrogens is 855 g/mol. The van der Waals surface area contributed by atoms with E-state index in [9.17, 15) is 14.4 Å². The van der Waals surface area contributed by atoms with Crippen molar-refractivity contribution < 1.29 is 19.1 Å². The van der Waals surface area contributed by atoms with Crippen LogP contribution in [-0.2, 0) is 22.7 Å². The lowest BCUT2D eigenvalue weighted by atomic mass is 9.85. The zero-order chi connectivity index (χ0) is 46.1. The Balaban J connectivity index is 0.619. The molecule has 2 aromatic heterocycles. The highest BCUT2D eigenvalue weighted by Crippen LogP contribution is 2.37. The van der Waals surface area contributed by atoms with E-state index in [1.807, 2.05) is 54.6 Å². The normalized spacial score (nSPS) is 22.7. The first-order valence-corrected chi connectivity index (χ1v) is 25.3. The Morgan fingerprint density at radius 3 is 2.13 bits per heavy atom. The number of nitrogens with one attached hydrogen (secondary N) is 1. The minimum atomic E-state index is -0.222. The number of aromatic nitrogens is 4. The molecule has 0 bridgehead atoms. The number of rotatable bonds is 10. The molecule has 0 aliphatic carbocycles. The van der Waals surface area contributed by atoms with Gasteiger partial charge in [-0.25, -0.2) is 19.4 Å². The molecular formula is C53H65N11O4. The number of likely N-dealkylation sites (tertiary alicyclic amines) is 3. The highest BCUT2D eigenvalue weighted by atomic mass is 16.5. The molecule has 1 unspecified atom stereocenters. The van der Waals surface area contributed by atoms with E-state index >= 15 is 0 Å². The summed E-state index contributed by atoms with van der Waals surface area (Å²) in [5.41, 5.74) is 12.9. The number of hydrogen-bond donors (Lipinski definition) is 2. The van der Waals surface area contributed by atoms with Gasteiger partial charge in [0.2, 0.25) is 11.8 Å². The number of nitrogens with zero attached hydrogens (tertiary/aromatic N) is 9. The number of amides is 4. The van der Waals surface area contributed by atoms with E-state index in [2.05, 4.69) is 57.7 Å². The Bertz CT molecular complexity index is 2600. The summed E-state index contributed by atoms with van der Waals surface area (Å²) in [6.45, 7) is 8.98. The number of fused-ring (bicyclic) bond motifs is 2. The Hall–Kier alpha value is -6.06. The van der Waals surface area contributed by atoms with Crippen LogP contribution in [0.5, 0.6) is 11.5 Å². The third kappa shape index (κ3) is 9.39. The van der Waals surface area contributed by atoms with Crippen LogP contribution in [0.25, 0.3) is 22.3 Å². The quantitative estimate of drug-likeness (QED) is 0.133. The SMILES string of the molecule is Nc1ncnc2c1c(-c1ccc(Oc3ccccc3)cc1)nn2[C@@H]1CCCN(C2CCN(C(=O)N3CCC(CCC4CCN(c5ccc6c(c5)CN(C5CCC(=O)NC5=O)C6)CC4)CC3)CC2)C1. The fraction of sp³-hybridized carbons (Fsp3) is 0.509. The van der Waals surface area contributed by atoms with Crippen molar-refractivity contribution in [3.63, 3.8) is 0 Å². The molecule has 5 aromatic rings. The van der Waals surface area contributed by atoms with Gasteiger partial charge < -0.3 is 25.2 Å². The number of hydrogen-bond acceptors (Lipinski definition) is 11. The number of nitrogens with two attached hydrogens (primary N) is 1. The van der Waals surface area contributed by atoms with Crippen molar-refractivity contribution in [3.05, 3.63) is 90.3 Å². The molecule has 356 valence electrons. The number of para-hydroxylation sites is 1. The second-order valence-electron chi connectivity index (χ2n) is 20.2. The molecule has 15 nitrogen and oxygen atoms in total. The van der Waals surface area contributed by atoms with Crippen LogP contribution in [0.15, 0.2) is 79.1 Å². The summed E-state index contributed by atoms with van der Waals surface area (Å²) >= 11 is 0. The van der Waals surface area contributed by atoms with Gasteiger partial charge in [-0.3, -0.25) is 24.7 Å². The minimum Gasteiger partial charge on any atom is -0.457 e. The summed E-state index contributed by atoms with van der Waals surface area (Å²) in [4.78, 5) is 58.7. The fourth-order valence-electron chi connectivity index (χ4n) is 12.1. The highest BCUT2D eigenvalue weighted by molar-refractivity contribution is 6.00. The Kier molecular flexibility index (Phi) is 12.8. The lowest BCUT2D eigenvalue weighted by Gasteiger charge is -2.43. The molecule has 0 spiro atoms. The predicted octanol–water partition coefficient (Wildman–Crippen LogP) is 7.62. The topological polar surface area (TPSA) is 158 Å². The molecule has 8 heterocycles. The lowest BCUT2D eigenvalue weighted by Crippen LogP contribution is -2.53. The maximum atomic E-state index is 13.8. The number of piperidine rings is 5. The fourth-order valence-corrected chi connectivity index (χ4v) is 12.1. The Morgan fingerprint density at radius 2 is 1.40 bits per heavy atom. The molecule has 5 fully saturated rings. The summed E-state index contributed by atoms with van der Waals surface area (Å²) in [6.07, 6.45) is 13.8. The number of carbonyl (C=O) groups excluding carboxylic acids is 3. The number of anilines is 2. The highest BCUT2D eigenvalue weighted by Gasteiger charge is 2.37. The standard InChI is InChI=1S/C53H65N11O4/c54-50-48-49(38-11-14-45(15-12-38)68-44-6-2-1-3-7-44)58-64(51(48)56-35-55-50)43-5-4-24-62(34-43)41-22-29-61(30-23-41)53(67)60-27-20-37(21-28-60)9-8-36-18-25-59(26-19-36)42-13-10-39-32-63(33-40(39)31-42)46-16-17-47(65)57-52(46)66/h1-3,6-7,10-15,31,35-37,41,43,46H,4-5,8-9,16-30,32-34H2,(H2,54,55,56)(H,57,65,66)/t43-,46?/m1/s1. The van der Waals surface area contributed by atoms with Gasteiger partial charge in [-0.2, -0.15) is 5.10 Å². The number of ether oxygens (including phenoxy) is 1. The van der Waals surface area contributed by atoms with Gasteiger partial charge in [0.1, 0.15) is 29.3 Å². The maximum absolute atomic E-state index is 13.8. The van der Waals surface area contributed by atoms with Crippen molar-refractivity contribution in [1.29, 1.82) is 0 Å². The van der Waals surface area contributed by atoms with Crippen LogP contribution in [0.1, 0.15) is 94.2 Å². The number of nitrogen functional groups attached to an aromatic ring is 1. The smallest absolute Gasteiger partial charge is 0.319 e. The van der Waals surface area contributed by atoms with Crippen molar-refractivity contribution in [2.75, 3.05) is 63.0 Å². The van der Waals surface area contributed by atoms with Crippen LogP contribution in [0.4, 0.5) is 16.3 Å². The number of imide groups is 1. The monoisotopic (exact) mass is 920 g/mol. The van der Waals surface area contributed by atoms with Crippen molar-refractivity contribution in [1.82, 2.24) is 44.7 Å². The summed E-state index contributed by atoms with van der Waals surface area (Å²) in [7, 11) is 0. The minimum absolute atomic E-state index is 0.152. The average Bonchev–Trinajstić information content (AvgIpc) is 3.99. The van der Waals surface area contributed by atoms with E-state index < -0.39 is 0 Å². The van der Waals surface area contributed by atoms with Gasteiger partial charge in [-0.05, 0) is 136 Å². The predicted molar refractivity (Wildman–Crippen MR) is 262 cm³/mol. The van der Waals surface area contributed by atoms with E-state index in [1.165, 1.54) is 48.8 Å². The van der Waals surface area contributed by atoms with Gasteiger partial charge in [-0.1, -0.05) is 37.1 Å². The van der Waals surface area contributed by atoms with E-state index in [4.69, 9.17) is 20.6 Å². The third-order valence-corrected chi connectivity index (χ3v) is 16.1. The van der Waals surface area contributed by atoms with Crippen molar-refractivity contribution in [3.8, 4) is 22.8 Å². The van der Waals surface area contributed by atoms with E-state index in [0.717, 1.165) is 144 Å². The summed E-state index contributed by atoms with van der Waals surface area (Å²) in [5, 5.41) is 8.50. The number of carbonyl (C=O) groups is 3. The molecule has 11 rings (SSSR count). The number of benzene rings is 3. The van der Waals surface area contributed by atoms with Crippen LogP contribution in [0.2, 0.25) is 0 Å². The number of urea groups is 1. The van der Waals surface area contributed by atoms with Gasteiger partial charge in [-0.15, -0.1) is 0 Å². The van der Waals surface area contributed by atoms with Gasteiger partial charge in [0.15, 0.2) is 5.65 Å². The summed E-state index contributed by atoms with van der Waals surface area (Å²) in [6, 6.07) is 25.2. The summed E-state index contributed by atoms with van der Waals surface area (Å²) in [5.74, 6) is 3.11. The lowest BCUT2D eigenvalue weighted by molar-refractivity contribution is -0.137. The molecule has 68 heavy (non-hydrogen) atoms. The molecule has 3 aromatic carbocycles. The largest absolute Gasteiger partial charge is 0.457 e. The van der Waals surface area contributed by atoms with Crippen LogP contribution in [0.3, 0.4) is 0 Å². The van der Waals surface area contributed by atoms with Crippen LogP contribution in [-0.4, -0.2) is 122 Å². The van der Waals surface area contributed by atoms with E-state index in [0.29, 0.717) is 30.6 Å². The average molecular weight is 920 g/mol. The van der Waals surface area contributed by atoms with E-state index in [-0.39, 0.29) is 29.9 Å². The molecule has 5 saturated heterocycles. The van der Waals surface area contributed by atoms with Crippen LogP contribution < -0.4 is 20.7 Å². The molecule has 0 saturated carbocycles. The van der Waals surface area contributed by atoms with Gasteiger partial charge >= 0.3 is 6.03 Å². The van der Waals surface area contributed by atoms with Gasteiger partial charge in [0.25, 0.3) is 0 Å². The van der Waals surface area contributed by atoms with Gasteiger partial charge in [0, 0.05) is 82.6 Å². The van der Waals surface area contributed by atoms with Crippen molar-refractivity contribution in [2.45, 2.75) is 108 Å². The zero-order valence-corrected chi connectivity index (χ0v) is 39.2. The third-order valence-electron chi connectivity index (χ3n) is 16.1. The Labute approximate surface area is 399 Å². The second-order valence-corrected chi connectivity index (χ2v) is 20.2. The first-order valence-electron chi connectivity index (χ1n) is 25.3. The molecule has 3 N–H and O–H groups in total. The second kappa shape index (κ2) is 19.5. The van der Waals surface area contributed by atoms with E-state index in [1.54, 1.807) is 0 Å². The molecule has 2 atom stereocenters. The first kappa shape index (κ1) is 44.4. The van der Waals surface area contributed by atoms with Crippen molar-refractivity contribution in [2.24, 2.45) is 11.8 Å². The molecule has 6 aliphatic rings. The molecule has 15 heteroatoms. The molecule has 0 radical (unpaired) electrons. The van der Waals surface area contributed by atoms with Crippen molar-refractivity contribution >= 4 is 40.4 Å².